The molecule has 1 amide bonds. The van der Waals surface area contributed by atoms with Crippen LogP contribution >= 0.6 is 11.6 Å². The maximum atomic E-state index is 12.8. The summed E-state index contributed by atoms with van der Waals surface area (Å²) in [5.41, 5.74) is 2.37. The average Bonchev–Trinajstić information content (AvgIpc) is 3.27. The lowest BCUT2D eigenvalue weighted by Gasteiger charge is -2.22. The molecule has 2 heterocycles. The van der Waals surface area contributed by atoms with Crippen LogP contribution in [-0.2, 0) is 14.8 Å². The van der Waals surface area contributed by atoms with Gasteiger partial charge in [0.15, 0.2) is 0 Å². The normalized spacial score (nSPS) is 18.7. The maximum absolute atomic E-state index is 12.8. The van der Waals surface area contributed by atoms with Crippen LogP contribution in [0.3, 0.4) is 0 Å². The van der Waals surface area contributed by atoms with E-state index in [1.54, 1.807) is 12.1 Å². The second kappa shape index (κ2) is 7.38. The number of sulfonamides is 1. The Morgan fingerprint density at radius 1 is 1.32 bits per heavy atom. The van der Waals surface area contributed by atoms with Crippen LogP contribution in [0.15, 0.2) is 57.1 Å². The van der Waals surface area contributed by atoms with Crippen molar-refractivity contribution >= 4 is 33.7 Å². The Balaban J connectivity index is 1.73. The molecule has 0 aliphatic carbocycles. The molecule has 7 nitrogen and oxygen atoms in total. The van der Waals surface area contributed by atoms with Gasteiger partial charge >= 0.3 is 0 Å². The van der Waals surface area contributed by atoms with E-state index < -0.39 is 22.0 Å². The molecule has 0 spiro atoms. The number of nitrogens with zero attached hydrogens (tertiary/aromatic N) is 2. The van der Waals surface area contributed by atoms with E-state index in [2.05, 4.69) is 10.5 Å². The summed E-state index contributed by atoms with van der Waals surface area (Å²) < 4.78 is 31.8. The number of nitrogens with one attached hydrogen (secondary N) is 1. The zero-order valence-electron chi connectivity index (χ0n) is 13.1. The summed E-state index contributed by atoms with van der Waals surface area (Å²) in [4.78, 5) is 12.4. The number of benzene rings is 1. The molecular weight excluding hydrogens is 366 g/mol. The highest BCUT2D eigenvalue weighted by Crippen LogP contribution is 2.27. The second-order valence-electron chi connectivity index (χ2n) is 5.48. The molecule has 3 rings (SSSR count). The van der Waals surface area contributed by atoms with Gasteiger partial charge in [-0.3, -0.25) is 4.79 Å². The number of amides is 1. The van der Waals surface area contributed by atoms with Crippen molar-refractivity contribution < 1.29 is 17.6 Å². The van der Waals surface area contributed by atoms with Gasteiger partial charge in [-0.1, -0.05) is 11.6 Å². The van der Waals surface area contributed by atoms with Crippen LogP contribution in [0.25, 0.3) is 0 Å². The number of furan rings is 1. The van der Waals surface area contributed by atoms with Crippen molar-refractivity contribution in [2.24, 2.45) is 5.10 Å². The zero-order chi connectivity index (χ0) is 17.9. The van der Waals surface area contributed by atoms with Gasteiger partial charge in [-0.2, -0.15) is 9.41 Å². The van der Waals surface area contributed by atoms with E-state index in [1.807, 2.05) is 0 Å². The second-order valence-corrected chi connectivity index (χ2v) is 7.80. The summed E-state index contributed by atoms with van der Waals surface area (Å²) in [5, 5.41) is 4.25. The molecule has 0 unspecified atom stereocenters. The summed E-state index contributed by atoms with van der Waals surface area (Å²) in [5.74, 6) is 0.00945. The Bertz CT molecular complexity index is 863. The highest BCUT2D eigenvalue weighted by molar-refractivity contribution is 7.89. The van der Waals surface area contributed by atoms with E-state index in [9.17, 15) is 13.2 Å². The van der Waals surface area contributed by atoms with Crippen molar-refractivity contribution in [3.8, 4) is 0 Å². The highest BCUT2D eigenvalue weighted by Gasteiger charge is 2.39. The molecule has 1 aliphatic rings. The first kappa shape index (κ1) is 17.7. The minimum atomic E-state index is -3.77. The fourth-order valence-corrected chi connectivity index (χ4v) is 4.41. The Hall–Kier alpha value is -2.16. The Morgan fingerprint density at radius 3 is 2.76 bits per heavy atom. The monoisotopic (exact) mass is 381 g/mol. The lowest BCUT2D eigenvalue weighted by atomic mass is 10.2. The van der Waals surface area contributed by atoms with E-state index in [-0.39, 0.29) is 11.4 Å². The van der Waals surface area contributed by atoms with Gasteiger partial charge in [0.2, 0.25) is 10.0 Å². The lowest BCUT2D eigenvalue weighted by molar-refractivity contribution is -0.124. The van der Waals surface area contributed by atoms with Crippen molar-refractivity contribution in [3.63, 3.8) is 0 Å². The Morgan fingerprint density at radius 2 is 2.08 bits per heavy atom. The highest BCUT2D eigenvalue weighted by atomic mass is 35.5. The number of hydrogen-bond donors (Lipinski definition) is 1. The molecule has 2 aromatic rings. The van der Waals surface area contributed by atoms with Crippen molar-refractivity contribution in [2.45, 2.75) is 23.8 Å². The van der Waals surface area contributed by atoms with Crippen molar-refractivity contribution in [2.75, 3.05) is 6.54 Å². The van der Waals surface area contributed by atoms with Crippen LogP contribution in [0.4, 0.5) is 0 Å². The first-order valence-corrected chi connectivity index (χ1v) is 9.44. The topological polar surface area (TPSA) is 92.0 Å². The summed E-state index contributed by atoms with van der Waals surface area (Å²) >= 11 is 5.80. The third-order valence-electron chi connectivity index (χ3n) is 3.84. The van der Waals surface area contributed by atoms with Crippen LogP contribution in [0.1, 0.15) is 18.6 Å². The molecule has 0 radical (unpaired) electrons. The molecule has 0 bridgehead atoms. The zero-order valence-corrected chi connectivity index (χ0v) is 14.7. The molecular formula is C16H16ClN3O4S. The van der Waals surface area contributed by atoms with Crippen LogP contribution in [0, 0.1) is 0 Å². The average molecular weight is 382 g/mol. The van der Waals surface area contributed by atoms with Gasteiger partial charge in [0, 0.05) is 11.6 Å². The molecule has 1 fully saturated rings. The number of rotatable bonds is 5. The fraction of sp³-hybridized carbons (Fsp3) is 0.250. The summed E-state index contributed by atoms with van der Waals surface area (Å²) in [6.45, 7) is 0.283. The predicted molar refractivity (Wildman–Crippen MR) is 92.8 cm³/mol. The van der Waals surface area contributed by atoms with E-state index in [0.717, 1.165) is 0 Å². The first-order valence-electron chi connectivity index (χ1n) is 7.62. The van der Waals surface area contributed by atoms with Crippen LogP contribution in [0.5, 0.6) is 0 Å². The number of carbonyl (C=O) groups is 1. The van der Waals surface area contributed by atoms with Crippen molar-refractivity contribution in [1.82, 2.24) is 9.73 Å². The molecule has 1 aromatic carbocycles. The third-order valence-corrected chi connectivity index (χ3v) is 6.01. The van der Waals surface area contributed by atoms with E-state index in [1.165, 1.54) is 41.0 Å². The quantitative estimate of drug-likeness (QED) is 0.635. The number of hydrogen-bond acceptors (Lipinski definition) is 5. The molecule has 1 saturated heterocycles. The largest absolute Gasteiger partial charge is 0.463 e. The molecule has 0 saturated carbocycles. The van der Waals surface area contributed by atoms with Gasteiger partial charge in [0.1, 0.15) is 11.8 Å². The molecule has 1 aliphatic heterocycles. The molecule has 1 N–H and O–H groups in total. The van der Waals surface area contributed by atoms with Crippen LogP contribution < -0.4 is 5.43 Å². The molecule has 9 heteroatoms. The molecule has 1 atom stereocenters. The third kappa shape index (κ3) is 3.92. The summed E-state index contributed by atoms with van der Waals surface area (Å²) in [6.07, 6.45) is 3.88. The predicted octanol–water partition coefficient (Wildman–Crippen LogP) is 2.24. The fourth-order valence-electron chi connectivity index (χ4n) is 2.63. The van der Waals surface area contributed by atoms with Gasteiger partial charge in [-0.05, 0) is 49.2 Å². The van der Waals surface area contributed by atoms with E-state index >= 15 is 0 Å². The minimum absolute atomic E-state index is 0.107. The number of carbonyl (C=O) groups excluding carboxylic acids is 1. The van der Waals surface area contributed by atoms with Gasteiger partial charge in [0.25, 0.3) is 5.91 Å². The minimum Gasteiger partial charge on any atom is -0.463 e. The van der Waals surface area contributed by atoms with Crippen molar-refractivity contribution in [1.29, 1.82) is 0 Å². The smallest absolute Gasteiger partial charge is 0.258 e. The summed E-state index contributed by atoms with van der Waals surface area (Å²) in [6, 6.07) is 8.46. The van der Waals surface area contributed by atoms with E-state index in [0.29, 0.717) is 23.6 Å². The standard InChI is InChI=1S/C16H16ClN3O4S/c17-12-5-7-14(8-6-12)25(22,23)20-9-1-4-15(20)16(21)19-18-11-13-3-2-10-24-13/h2-3,5-8,10-11,15H,1,4,9H2,(H,19,21)/b18-11-/t15-/m0/s1. The van der Waals surface area contributed by atoms with Crippen LogP contribution in [-0.4, -0.2) is 37.4 Å². The SMILES string of the molecule is O=C(N/N=C\c1ccco1)[C@@H]1CCCN1S(=O)(=O)c1ccc(Cl)cc1. The van der Waals surface area contributed by atoms with Gasteiger partial charge < -0.3 is 4.42 Å². The molecule has 1 aromatic heterocycles. The maximum Gasteiger partial charge on any atom is 0.258 e. The number of halogens is 1. The summed E-state index contributed by atoms with van der Waals surface area (Å²) in [7, 11) is -3.77. The molecule has 132 valence electrons. The number of hydrazone groups is 1. The van der Waals surface area contributed by atoms with Crippen molar-refractivity contribution in [3.05, 3.63) is 53.4 Å². The Labute approximate surface area is 150 Å². The lowest BCUT2D eigenvalue weighted by Crippen LogP contribution is -2.44. The first-order chi connectivity index (χ1) is 12.0. The van der Waals surface area contributed by atoms with Crippen LogP contribution in [0.2, 0.25) is 5.02 Å². The molecule has 25 heavy (non-hydrogen) atoms. The van der Waals surface area contributed by atoms with Gasteiger partial charge in [0.05, 0.1) is 17.4 Å². The van der Waals surface area contributed by atoms with E-state index in [4.69, 9.17) is 16.0 Å². The van der Waals surface area contributed by atoms with Gasteiger partial charge in [-0.15, -0.1) is 0 Å². The Kier molecular flexibility index (Phi) is 5.22. The van der Waals surface area contributed by atoms with Gasteiger partial charge in [-0.25, -0.2) is 13.8 Å².